The number of rotatable bonds is 2. The van der Waals surface area contributed by atoms with Gasteiger partial charge in [0, 0.05) is 24.4 Å². The first-order valence-electron chi connectivity index (χ1n) is 8.61. The van der Waals surface area contributed by atoms with Crippen molar-refractivity contribution in [1.29, 1.82) is 0 Å². The minimum Gasteiger partial charge on any atom is -0.389 e. The van der Waals surface area contributed by atoms with Crippen LogP contribution in [-0.4, -0.2) is 34.6 Å². The predicted octanol–water partition coefficient (Wildman–Crippen LogP) is 3.11. The van der Waals surface area contributed by atoms with Crippen LogP contribution in [0.25, 0.3) is 0 Å². The summed E-state index contributed by atoms with van der Waals surface area (Å²) < 4.78 is 0. The lowest BCUT2D eigenvalue weighted by atomic mass is 9.70. The van der Waals surface area contributed by atoms with Gasteiger partial charge in [-0.15, -0.1) is 0 Å². The molecule has 0 radical (unpaired) electrons. The van der Waals surface area contributed by atoms with E-state index in [0.717, 1.165) is 58.0 Å². The van der Waals surface area contributed by atoms with E-state index in [1.807, 2.05) is 0 Å². The van der Waals surface area contributed by atoms with Gasteiger partial charge >= 0.3 is 0 Å². The first-order valence-corrected chi connectivity index (χ1v) is 8.61. The standard InChI is InChI=1S/C17H29NO2/c1-2-16(8-5-6-9-16)15(19)18-12-11-17(20)10-4-3-7-14(17)13-18/h14,20H,2-13H2,1H3. The third-order valence-corrected chi connectivity index (χ3v) is 6.41. The Labute approximate surface area is 122 Å². The van der Waals surface area contributed by atoms with Crippen molar-refractivity contribution in [3.05, 3.63) is 0 Å². The van der Waals surface area contributed by atoms with E-state index in [0.29, 0.717) is 11.8 Å². The molecule has 2 atom stereocenters. The van der Waals surface area contributed by atoms with Gasteiger partial charge in [0.05, 0.1) is 5.60 Å². The quantitative estimate of drug-likeness (QED) is 0.843. The molecule has 2 aliphatic carbocycles. The highest BCUT2D eigenvalue weighted by Crippen LogP contribution is 2.45. The molecule has 3 nitrogen and oxygen atoms in total. The van der Waals surface area contributed by atoms with Gasteiger partial charge in [-0.25, -0.2) is 0 Å². The topological polar surface area (TPSA) is 40.5 Å². The molecule has 3 fully saturated rings. The summed E-state index contributed by atoms with van der Waals surface area (Å²) in [4.78, 5) is 15.1. The Bertz CT molecular complexity index is 375. The van der Waals surface area contributed by atoms with Crippen LogP contribution in [0.3, 0.4) is 0 Å². The van der Waals surface area contributed by atoms with Crippen molar-refractivity contribution in [1.82, 2.24) is 4.90 Å². The van der Waals surface area contributed by atoms with Crippen molar-refractivity contribution in [3.63, 3.8) is 0 Å². The van der Waals surface area contributed by atoms with Gasteiger partial charge < -0.3 is 10.0 Å². The van der Waals surface area contributed by atoms with Crippen LogP contribution in [0.15, 0.2) is 0 Å². The van der Waals surface area contributed by atoms with E-state index >= 15 is 0 Å². The molecule has 3 heteroatoms. The van der Waals surface area contributed by atoms with Crippen LogP contribution < -0.4 is 0 Å². The smallest absolute Gasteiger partial charge is 0.228 e. The van der Waals surface area contributed by atoms with E-state index in [-0.39, 0.29) is 5.41 Å². The molecule has 1 saturated heterocycles. The first-order chi connectivity index (χ1) is 9.60. The molecule has 3 rings (SSSR count). The summed E-state index contributed by atoms with van der Waals surface area (Å²) in [6.45, 7) is 3.74. The van der Waals surface area contributed by atoms with Gasteiger partial charge in [-0.1, -0.05) is 32.6 Å². The van der Waals surface area contributed by atoms with Crippen LogP contribution in [-0.2, 0) is 4.79 Å². The normalized spacial score (nSPS) is 36.7. The molecule has 1 N–H and O–H groups in total. The van der Waals surface area contributed by atoms with Crippen LogP contribution in [0.4, 0.5) is 0 Å². The highest BCUT2D eigenvalue weighted by molar-refractivity contribution is 5.83. The number of hydrogen-bond donors (Lipinski definition) is 1. The number of piperidine rings is 1. The summed E-state index contributed by atoms with van der Waals surface area (Å²) in [5.74, 6) is 0.717. The zero-order valence-corrected chi connectivity index (χ0v) is 12.9. The number of likely N-dealkylation sites (tertiary alicyclic amines) is 1. The summed E-state index contributed by atoms with van der Waals surface area (Å²) >= 11 is 0. The summed E-state index contributed by atoms with van der Waals surface area (Å²) in [5, 5.41) is 10.7. The average Bonchev–Trinajstić information content (AvgIpc) is 2.95. The third-order valence-electron chi connectivity index (χ3n) is 6.41. The van der Waals surface area contributed by atoms with Crippen molar-refractivity contribution in [2.75, 3.05) is 13.1 Å². The van der Waals surface area contributed by atoms with E-state index in [2.05, 4.69) is 11.8 Å². The summed E-state index contributed by atoms with van der Waals surface area (Å²) in [6.07, 6.45) is 10.8. The van der Waals surface area contributed by atoms with Crippen LogP contribution in [0, 0.1) is 11.3 Å². The second kappa shape index (κ2) is 5.32. The van der Waals surface area contributed by atoms with Gasteiger partial charge in [0.15, 0.2) is 0 Å². The Morgan fingerprint density at radius 2 is 1.85 bits per heavy atom. The number of nitrogens with zero attached hydrogens (tertiary/aromatic N) is 1. The number of carbonyl (C=O) groups excluding carboxylic acids is 1. The maximum Gasteiger partial charge on any atom is 0.228 e. The Morgan fingerprint density at radius 1 is 1.15 bits per heavy atom. The van der Waals surface area contributed by atoms with E-state index in [1.54, 1.807) is 0 Å². The summed E-state index contributed by atoms with van der Waals surface area (Å²) in [7, 11) is 0. The second-order valence-corrected chi connectivity index (χ2v) is 7.39. The first kappa shape index (κ1) is 14.4. The Balaban J connectivity index is 1.71. The predicted molar refractivity (Wildman–Crippen MR) is 79.3 cm³/mol. The van der Waals surface area contributed by atoms with Crippen molar-refractivity contribution in [2.45, 2.75) is 76.7 Å². The molecule has 1 heterocycles. The van der Waals surface area contributed by atoms with Crippen molar-refractivity contribution >= 4 is 5.91 Å². The third kappa shape index (κ3) is 2.28. The highest BCUT2D eigenvalue weighted by atomic mass is 16.3. The molecular weight excluding hydrogens is 250 g/mol. The lowest BCUT2D eigenvalue weighted by Crippen LogP contribution is -2.56. The van der Waals surface area contributed by atoms with Crippen LogP contribution in [0.1, 0.15) is 71.1 Å². The van der Waals surface area contributed by atoms with Gasteiger partial charge in [0.25, 0.3) is 0 Å². The minimum atomic E-state index is -0.468. The maximum atomic E-state index is 13.0. The Kier molecular flexibility index (Phi) is 3.83. The fraction of sp³-hybridized carbons (Fsp3) is 0.941. The lowest BCUT2D eigenvalue weighted by Gasteiger charge is -2.49. The molecule has 114 valence electrons. The van der Waals surface area contributed by atoms with Gasteiger partial charge in [-0.3, -0.25) is 4.79 Å². The number of hydrogen-bond acceptors (Lipinski definition) is 2. The number of carbonyl (C=O) groups is 1. The van der Waals surface area contributed by atoms with Crippen molar-refractivity contribution in [3.8, 4) is 0 Å². The summed E-state index contributed by atoms with van der Waals surface area (Å²) in [6, 6.07) is 0. The van der Waals surface area contributed by atoms with Gasteiger partial charge in [-0.05, 0) is 38.5 Å². The number of amides is 1. The van der Waals surface area contributed by atoms with E-state index in [4.69, 9.17) is 0 Å². The Hall–Kier alpha value is -0.570. The molecule has 1 amide bonds. The molecule has 1 aliphatic heterocycles. The summed E-state index contributed by atoms with van der Waals surface area (Å²) in [5.41, 5.74) is -0.534. The average molecular weight is 279 g/mol. The molecule has 2 saturated carbocycles. The Morgan fingerprint density at radius 3 is 2.55 bits per heavy atom. The van der Waals surface area contributed by atoms with Gasteiger partial charge in [-0.2, -0.15) is 0 Å². The SMILES string of the molecule is CCC1(C(=O)N2CCC3(O)CCCCC3C2)CCCC1. The fourth-order valence-electron chi connectivity index (χ4n) is 4.86. The molecule has 0 aromatic carbocycles. The van der Waals surface area contributed by atoms with E-state index in [9.17, 15) is 9.90 Å². The number of fused-ring (bicyclic) bond motifs is 1. The lowest BCUT2D eigenvalue weighted by molar-refractivity contribution is -0.153. The second-order valence-electron chi connectivity index (χ2n) is 7.39. The zero-order valence-electron chi connectivity index (χ0n) is 12.9. The highest BCUT2D eigenvalue weighted by Gasteiger charge is 2.48. The fourth-order valence-corrected chi connectivity index (χ4v) is 4.86. The van der Waals surface area contributed by atoms with Crippen molar-refractivity contribution in [2.24, 2.45) is 11.3 Å². The minimum absolute atomic E-state index is 0.0654. The molecular formula is C17H29NO2. The molecule has 2 unspecified atom stereocenters. The van der Waals surface area contributed by atoms with Crippen molar-refractivity contribution < 1.29 is 9.90 Å². The monoisotopic (exact) mass is 279 g/mol. The maximum absolute atomic E-state index is 13.0. The van der Waals surface area contributed by atoms with E-state index < -0.39 is 5.60 Å². The number of aliphatic hydroxyl groups is 1. The van der Waals surface area contributed by atoms with Gasteiger partial charge in [0.2, 0.25) is 5.91 Å². The van der Waals surface area contributed by atoms with E-state index in [1.165, 1.54) is 19.3 Å². The van der Waals surface area contributed by atoms with Gasteiger partial charge in [0.1, 0.15) is 0 Å². The van der Waals surface area contributed by atoms with Crippen LogP contribution >= 0.6 is 0 Å². The zero-order chi connectivity index (χ0) is 14.2. The molecule has 0 aromatic rings. The molecule has 0 bridgehead atoms. The molecule has 3 aliphatic rings. The largest absolute Gasteiger partial charge is 0.389 e. The van der Waals surface area contributed by atoms with Crippen LogP contribution in [0.2, 0.25) is 0 Å². The molecule has 0 aromatic heterocycles. The molecule has 0 spiro atoms. The molecule has 20 heavy (non-hydrogen) atoms. The van der Waals surface area contributed by atoms with Crippen LogP contribution in [0.5, 0.6) is 0 Å².